The van der Waals surface area contributed by atoms with Crippen LogP contribution in [-0.4, -0.2) is 26.8 Å². The fourth-order valence-corrected chi connectivity index (χ4v) is 3.01. The van der Waals surface area contributed by atoms with E-state index in [2.05, 4.69) is 10.4 Å². The molecule has 0 saturated carbocycles. The lowest BCUT2D eigenvalue weighted by atomic mass is 10.0. The van der Waals surface area contributed by atoms with E-state index in [1.807, 2.05) is 0 Å². The number of rotatable bonds is 6. The number of aliphatic carboxylic acids is 1. The van der Waals surface area contributed by atoms with E-state index in [9.17, 15) is 27.6 Å². The summed E-state index contributed by atoms with van der Waals surface area (Å²) in [5, 5.41) is 14.5. The van der Waals surface area contributed by atoms with E-state index < -0.39 is 41.6 Å². The van der Waals surface area contributed by atoms with Gasteiger partial charge in [-0.1, -0.05) is 23.7 Å². The van der Waals surface area contributed by atoms with Crippen LogP contribution in [0.5, 0.6) is 0 Å². The van der Waals surface area contributed by atoms with Gasteiger partial charge in [0, 0.05) is 11.1 Å². The number of carboxylic acid groups (broad SMARTS) is 1. The van der Waals surface area contributed by atoms with Gasteiger partial charge >= 0.3 is 12.1 Å². The molecule has 0 radical (unpaired) electrons. The van der Waals surface area contributed by atoms with Crippen LogP contribution in [0.2, 0.25) is 5.02 Å². The number of alkyl halides is 3. The van der Waals surface area contributed by atoms with Crippen LogP contribution < -0.4 is 10.9 Å². The maximum atomic E-state index is 13.0. The van der Waals surface area contributed by atoms with Crippen LogP contribution in [0, 0.1) is 0 Å². The second-order valence-corrected chi connectivity index (χ2v) is 7.00. The highest BCUT2D eigenvalue weighted by Gasteiger charge is 2.31. The monoisotopic (exact) mass is 453 g/mol. The zero-order chi connectivity index (χ0) is 22.8. The number of carbonyl (C=O) groups is 2. The lowest BCUT2D eigenvalue weighted by Crippen LogP contribution is -2.30. The molecule has 0 aliphatic carbocycles. The minimum Gasteiger partial charge on any atom is -0.481 e. The van der Waals surface area contributed by atoms with Gasteiger partial charge in [0.05, 0.1) is 23.7 Å². The molecule has 7 nitrogen and oxygen atoms in total. The van der Waals surface area contributed by atoms with Crippen molar-refractivity contribution in [3.63, 3.8) is 0 Å². The molecule has 0 bridgehead atoms. The third-order valence-corrected chi connectivity index (χ3v) is 4.60. The molecule has 1 heterocycles. The van der Waals surface area contributed by atoms with Gasteiger partial charge in [0.25, 0.3) is 11.5 Å². The number of H-pyrrole nitrogens is 1. The average Bonchev–Trinajstić information content (AvgIpc) is 3.09. The molecule has 0 spiro atoms. The smallest absolute Gasteiger partial charge is 0.416 e. The highest BCUT2D eigenvalue weighted by Crippen LogP contribution is 2.31. The third-order valence-electron chi connectivity index (χ3n) is 4.35. The first-order valence-corrected chi connectivity index (χ1v) is 9.20. The van der Waals surface area contributed by atoms with Crippen molar-refractivity contribution in [2.75, 3.05) is 0 Å². The lowest BCUT2D eigenvalue weighted by Gasteiger charge is -2.18. The molecule has 0 aliphatic heterocycles. The van der Waals surface area contributed by atoms with Crippen LogP contribution >= 0.6 is 11.6 Å². The van der Waals surface area contributed by atoms with Crippen molar-refractivity contribution in [1.82, 2.24) is 15.1 Å². The Morgan fingerprint density at radius 1 is 1.13 bits per heavy atom. The number of aromatic nitrogens is 2. The van der Waals surface area contributed by atoms with Gasteiger partial charge in [0.2, 0.25) is 0 Å². The molecule has 1 aromatic heterocycles. The molecule has 1 amide bonds. The third kappa shape index (κ3) is 5.34. The Kier molecular flexibility index (Phi) is 6.21. The van der Waals surface area contributed by atoms with Gasteiger partial charge < -0.3 is 10.4 Å². The second-order valence-electron chi connectivity index (χ2n) is 6.57. The van der Waals surface area contributed by atoms with Crippen molar-refractivity contribution in [3.8, 4) is 5.69 Å². The number of hydrogen-bond donors (Lipinski definition) is 3. The lowest BCUT2D eigenvalue weighted by molar-refractivity contribution is -0.138. The van der Waals surface area contributed by atoms with Crippen molar-refractivity contribution < 1.29 is 27.9 Å². The van der Waals surface area contributed by atoms with Crippen LogP contribution in [0.25, 0.3) is 5.69 Å². The van der Waals surface area contributed by atoms with Crippen LogP contribution in [0.15, 0.2) is 59.4 Å². The largest absolute Gasteiger partial charge is 0.481 e. The highest BCUT2D eigenvalue weighted by atomic mass is 35.5. The van der Waals surface area contributed by atoms with Crippen LogP contribution in [0.4, 0.5) is 13.2 Å². The maximum absolute atomic E-state index is 13.0. The first-order valence-electron chi connectivity index (χ1n) is 8.82. The Balaban J connectivity index is 1.88. The predicted octanol–water partition coefficient (Wildman–Crippen LogP) is 3.78. The molecule has 1 atom stereocenters. The van der Waals surface area contributed by atoms with Crippen molar-refractivity contribution in [2.45, 2.75) is 18.6 Å². The maximum Gasteiger partial charge on any atom is 0.416 e. The molecular formula is C20H15ClF3N3O4. The summed E-state index contributed by atoms with van der Waals surface area (Å²) in [6, 6.07) is 9.92. The number of nitrogens with zero attached hydrogens (tertiary/aromatic N) is 1. The summed E-state index contributed by atoms with van der Waals surface area (Å²) in [7, 11) is 0. The van der Waals surface area contributed by atoms with Crippen molar-refractivity contribution in [2.24, 2.45) is 0 Å². The van der Waals surface area contributed by atoms with Crippen molar-refractivity contribution in [1.29, 1.82) is 0 Å². The molecule has 162 valence electrons. The van der Waals surface area contributed by atoms with Crippen LogP contribution in [0.1, 0.15) is 34.1 Å². The van der Waals surface area contributed by atoms with Gasteiger partial charge in [-0.05, 0) is 42.0 Å². The van der Waals surface area contributed by atoms with Gasteiger partial charge in [0.1, 0.15) is 5.69 Å². The number of halogens is 4. The number of benzene rings is 2. The number of aromatic amines is 1. The van der Waals surface area contributed by atoms with E-state index in [1.165, 1.54) is 18.2 Å². The summed E-state index contributed by atoms with van der Waals surface area (Å²) in [5.74, 6) is -2.18. The minimum atomic E-state index is -4.63. The number of hydrogen-bond acceptors (Lipinski definition) is 3. The summed E-state index contributed by atoms with van der Waals surface area (Å²) >= 11 is 5.81. The zero-order valence-corrected chi connectivity index (χ0v) is 16.4. The Morgan fingerprint density at radius 3 is 2.42 bits per heavy atom. The number of amides is 1. The first kappa shape index (κ1) is 22.2. The molecule has 11 heteroatoms. The molecule has 3 N–H and O–H groups in total. The molecule has 0 saturated heterocycles. The number of carboxylic acids is 1. The van der Waals surface area contributed by atoms with Gasteiger partial charge in [-0.2, -0.15) is 13.2 Å². The van der Waals surface area contributed by atoms with E-state index in [1.54, 1.807) is 12.1 Å². The molecule has 2 aromatic carbocycles. The van der Waals surface area contributed by atoms with E-state index >= 15 is 0 Å². The average molecular weight is 454 g/mol. The van der Waals surface area contributed by atoms with E-state index in [0.29, 0.717) is 10.7 Å². The summed E-state index contributed by atoms with van der Waals surface area (Å²) in [5.41, 5.74) is -1.38. The van der Waals surface area contributed by atoms with E-state index in [-0.39, 0.29) is 11.3 Å². The topological polar surface area (TPSA) is 104 Å². The standard InChI is InChI=1S/C20H15ClF3N3O4/c21-13-4-6-14(7-5-13)27-17(28)9-16(26-27)19(31)25-15(10-18(29)30)11-2-1-3-12(8-11)20(22,23)24/h1-9,15,26H,10H2,(H,25,31)(H,29,30)/t15-/m0/s1. The van der Waals surface area contributed by atoms with Gasteiger partial charge in [0.15, 0.2) is 0 Å². The first-order chi connectivity index (χ1) is 14.5. The van der Waals surface area contributed by atoms with Gasteiger partial charge in [-0.3, -0.25) is 19.5 Å². The van der Waals surface area contributed by atoms with E-state index in [0.717, 1.165) is 28.9 Å². The zero-order valence-electron chi connectivity index (χ0n) is 15.6. The number of nitrogens with one attached hydrogen (secondary N) is 2. The Bertz CT molecular complexity index is 1170. The van der Waals surface area contributed by atoms with Crippen molar-refractivity contribution in [3.05, 3.63) is 86.8 Å². The van der Waals surface area contributed by atoms with Gasteiger partial charge in [-0.15, -0.1) is 0 Å². The SMILES string of the molecule is O=C(O)C[C@H](NC(=O)c1cc(=O)n(-c2ccc(Cl)cc2)[nH]1)c1cccc(C(F)(F)F)c1. The van der Waals surface area contributed by atoms with Gasteiger partial charge in [-0.25, -0.2) is 4.68 Å². The highest BCUT2D eigenvalue weighted by molar-refractivity contribution is 6.30. The normalized spacial score (nSPS) is 12.4. The molecule has 31 heavy (non-hydrogen) atoms. The Morgan fingerprint density at radius 2 is 1.81 bits per heavy atom. The van der Waals surface area contributed by atoms with Crippen LogP contribution in [-0.2, 0) is 11.0 Å². The quantitative estimate of drug-likeness (QED) is 0.528. The Labute approximate surface area is 178 Å². The Hall–Kier alpha value is -3.53. The molecule has 3 rings (SSSR count). The fraction of sp³-hybridized carbons (Fsp3) is 0.150. The molecule has 3 aromatic rings. The molecule has 0 unspecified atom stereocenters. The predicted molar refractivity (Wildman–Crippen MR) is 105 cm³/mol. The summed E-state index contributed by atoms with van der Waals surface area (Å²) in [4.78, 5) is 36.0. The molecule has 0 fully saturated rings. The fourth-order valence-electron chi connectivity index (χ4n) is 2.89. The van der Waals surface area contributed by atoms with Crippen LogP contribution in [0.3, 0.4) is 0 Å². The summed E-state index contributed by atoms with van der Waals surface area (Å²) < 4.78 is 40.1. The molecular weight excluding hydrogens is 439 g/mol. The second kappa shape index (κ2) is 8.68. The van der Waals surface area contributed by atoms with Crippen molar-refractivity contribution >= 4 is 23.5 Å². The number of carbonyl (C=O) groups excluding carboxylic acids is 1. The summed E-state index contributed by atoms with van der Waals surface area (Å²) in [6.07, 6.45) is -5.29. The van der Waals surface area contributed by atoms with E-state index in [4.69, 9.17) is 16.7 Å². The summed E-state index contributed by atoms with van der Waals surface area (Å²) in [6.45, 7) is 0. The molecule has 0 aliphatic rings. The minimum absolute atomic E-state index is 0.0370.